The van der Waals surface area contributed by atoms with Gasteiger partial charge in [-0.2, -0.15) is 0 Å². The summed E-state index contributed by atoms with van der Waals surface area (Å²) in [5.74, 6) is 0.526. The first-order valence-corrected chi connectivity index (χ1v) is 27.4. The molecule has 370 valence electrons. The van der Waals surface area contributed by atoms with Crippen molar-refractivity contribution in [2.75, 3.05) is 19.6 Å². The second kappa shape index (κ2) is 40.6. The molecule has 0 bridgehead atoms. The van der Waals surface area contributed by atoms with E-state index >= 15 is 0 Å². The van der Waals surface area contributed by atoms with Gasteiger partial charge in [-0.25, -0.2) is 0 Å². The van der Waals surface area contributed by atoms with Gasteiger partial charge in [0.2, 0.25) is 0 Å². The molecule has 1 heterocycles. The Balaban J connectivity index is 1.88. The third kappa shape index (κ3) is 35.6. The summed E-state index contributed by atoms with van der Waals surface area (Å²) < 4.78 is 0. The van der Waals surface area contributed by atoms with Crippen LogP contribution in [0.1, 0.15) is 247 Å². The number of unbranched alkanes of at least 4 members (excludes halogenated alkanes) is 22. The Kier molecular flexibility index (Phi) is 37.7. The summed E-state index contributed by atoms with van der Waals surface area (Å²) in [6.07, 6.45) is 44.7. The molecular weight excluding hydrogens is 779 g/mol. The van der Waals surface area contributed by atoms with E-state index in [4.69, 9.17) is 0 Å². The fourth-order valence-electron chi connectivity index (χ4n) is 8.97. The Morgan fingerprint density at radius 3 is 1.34 bits per heavy atom. The Labute approximate surface area is 400 Å². The highest BCUT2D eigenvalue weighted by Gasteiger charge is 2.19. The van der Waals surface area contributed by atoms with E-state index in [0.717, 1.165) is 51.7 Å². The van der Waals surface area contributed by atoms with Crippen LogP contribution in [0.2, 0.25) is 0 Å². The van der Waals surface area contributed by atoms with Crippen LogP contribution in [0.3, 0.4) is 0 Å². The van der Waals surface area contributed by atoms with Crippen molar-refractivity contribution < 1.29 is 0 Å². The van der Waals surface area contributed by atoms with Gasteiger partial charge < -0.3 is 26.6 Å². The van der Waals surface area contributed by atoms with E-state index in [-0.39, 0.29) is 0 Å². The summed E-state index contributed by atoms with van der Waals surface area (Å²) in [6, 6.07) is 1.29. The van der Waals surface area contributed by atoms with E-state index in [9.17, 15) is 0 Å². The zero-order valence-corrected chi connectivity index (χ0v) is 43.6. The lowest BCUT2D eigenvalue weighted by atomic mass is 9.93. The van der Waals surface area contributed by atoms with Crippen LogP contribution in [0.15, 0.2) is 85.1 Å². The van der Waals surface area contributed by atoms with Crippen LogP contribution in [-0.2, 0) is 0 Å². The number of rotatable bonds is 48. The van der Waals surface area contributed by atoms with E-state index < -0.39 is 0 Å². The molecule has 1 aliphatic heterocycles. The summed E-state index contributed by atoms with van der Waals surface area (Å²) >= 11 is 0. The van der Waals surface area contributed by atoms with Gasteiger partial charge in [0, 0.05) is 54.5 Å². The fraction of sp³-hybridized carbons (Fsp3) is 0.763. The zero-order valence-electron chi connectivity index (χ0n) is 43.6. The van der Waals surface area contributed by atoms with Crippen molar-refractivity contribution in [2.24, 2.45) is 5.92 Å². The number of allylic oxidation sites excluding steroid dienone is 5. The lowest BCUT2D eigenvalue weighted by Gasteiger charge is -2.26. The van der Waals surface area contributed by atoms with Crippen molar-refractivity contribution in [3.8, 4) is 0 Å². The molecule has 0 fully saturated rings. The summed E-state index contributed by atoms with van der Waals surface area (Å²) in [5, 5.41) is 18.2. The molecule has 1 unspecified atom stereocenters. The predicted molar refractivity (Wildman–Crippen MR) is 289 cm³/mol. The van der Waals surface area contributed by atoms with Gasteiger partial charge in [-0.15, -0.1) is 6.58 Å². The van der Waals surface area contributed by atoms with Crippen LogP contribution in [0, 0.1) is 5.92 Å². The molecule has 0 saturated heterocycles. The first-order valence-electron chi connectivity index (χ1n) is 27.4. The highest BCUT2D eigenvalue weighted by Crippen LogP contribution is 2.24. The summed E-state index contributed by atoms with van der Waals surface area (Å²) in [5.41, 5.74) is 8.90. The Hall–Kier alpha value is -2.66. The second-order valence-electron chi connectivity index (χ2n) is 20.6. The van der Waals surface area contributed by atoms with Crippen LogP contribution in [0.5, 0.6) is 0 Å². The quantitative estimate of drug-likeness (QED) is 0.0311. The highest BCUT2D eigenvalue weighted by molar-refractivity contribution is 5.33. The third-order valence-corrected chi connectivity index (χ3v) is 13.3. The molecule has 5 N–H and O–H groups in total. The van der Waals surface area contributed by atoms with Gasteiger partial charge >= 0.3 is 0 Å². The van der Waals surface area contributed by atoms with Crippen LogP contribution in [0.4, 0.5) is 0 Å². The van der Waals surface area contributed by atoms with Crippen LogP contribution >= 0.6 is 0 Å². The first-order chi connectivity index (χ1) is 30.9. The number of hydrogen-bond acceptors (Lipinski definition) is 5. The van der Waals surface area contributed by atoms with Gasteiger partial charge in [-0.05, 0) is 121 Å². The molecule has 0 amide bonds. The Morgan fingerprint density at radius 1 is 0.516 bits per heavy atom. The molecule has 0 aromatic rings. The van der Waals surface area contributed by atoms with E-state index in [1.54, 1.807) is 0 Å². The molecule has 2 atom stereocenters. The smallest absolute Gasteiger partial charge is 0.0509 e. The standard InChI is InChI=1S/C59H109N5/c1-49(2)38-30-24-20-18-16-14-12-13-15-17-19-21-27-33-41-57-48-52(7)58(64-57)44-43-55(10)62-46-36-29-23-26-31-39-53(8)60-45-35-28-22-25-32-40-54(9)61-47-37-34-42-59(63-51(5)6)56(11)50(3)4/h48,50-51,58-64H,1,7-47H2,2-6H3/t58-,59?/m0/s1. The predicted octanol–water partition coefficient (Wildman–Crippen LogP) is 16.7. The van der Waals surface area contributed by atoms with Gasteiger partial charge in [-0.1, -0.05) is 187 Å². The largest absolute Gasteiger partial charge is 0.389 e. The molecule has 1 rings (SSSR count). The van der Waals surface area contributed by atoms with Crippen LogP contribution < -0.4 is 26.6 Å². The van der Waals surface area contributed by atoms with Gasteiger partial charge in [0.25, 0.3) is 0 Å². The van der Waals surface area contributed by atoms with Gasteiger partial charge in [0.1, 0.15) is 0 Å². The summed E-state index contributed by atoms with van der Waals surface area (Å²) in [4.78, 5) is 0. The minimum atomic E-state index is 0.372. The van der Waals surface area contributed by atoms with Gasteiger partial charge in [0.05, 0.1) is 6.04 Å². The van der Waals surface area contributed by atoms with Crippen molar-refractivity contribution in [3.63, 3.8) is 0 Å². The minimum absolute atomic E-state index is 0.372. The molecule has 0 aromatic heterocycles. The average Bonchev–Trinajstić information content (AvgIpc) is 3.61. The summed E-state index contributed by atoms with van der Waals surface area (Å²) in [6.45, 7) is 39.8. The Bertz CT molecular complexity index is 1270. The van der Waals surface area contributed by atoms with Gasteiger partial charge in [-0.3, -0.25) is 0 Å². The highest BCUT2D eigenvalue weighted by atomic mass is 15.0. The zero-order chi connectivity index (χ0) is 47.0. The molecule has 1 aliphatic rings. The molecule has 5 nitrogen and oxygen atoms in total. The van der Waals surface area contributed by atoms with E-state index in [0.29, 0.717) is 24.0 Å². The van der Waals surface area contributed by atoms with E-state index in [1.165, 1.54) is 219 Å². The van der Waals surface area contributed by atoms with Crippen LogP contribution in [-0.4, -0.2) is 37.8 Å². The molecule has 0 aliphatic carbocycles. The second-order valence-corrected chi connectivity index (χ2v) is 20.6. The number of hydrogen-bond donors (Lipinski definition) is 5. The first kappa shape index (κ1) is 59.4. The van der Waals surface area contributed by atoms with Crippen molar-refractivity contribution in [2.45, 2.75) is 265 Å². The molecule has 0 spiro atoms. The summed E-state index contributed by atoms with van der Waals surface area (Å²) in [7, 11) is 0. The van der Waals surface area contributed by atoms with E-state index in [1.807, 2.05) is 0 Å². The maximum atomic E-state index is 4.36. The van der Waals surface area contributed by atoms with E-state index in [2.05, 4.69) is 107 Å². The Morgan fingerprint density at radius 2 is 0.906 bits per heavy atom. The molecule has 64 heavy (non-hydrogen) atoms. The van der Waals surface area contributed by atoms with Crippen molar-refractivity contribution >= 4 is 0 Å². The molecule has 0 aromatic carbocycles. The van der Waals surface area contributed by atoms with Crippen molar-refractivity contribution in [3.05, 3.63) is 85.1 Å². The third-order valence-electron chi connectivity index (χ3n) is 13.3. The molecule has 0 radical (unpaired) electrons. The fourth-order valence-corrected chi connectivity index (χ4v) is 8.97. The van der Waals surface area contributed by atoms with Crippen molar-refractivity contribution in [1.29, 1.82) is 0 Å². The van der Waals surface area contributed by atoms with Crippen LogP contribution in [0.25, 0.3) is 0 Å². The monoisotopic (exact) mass is 888 g/mol. The van der Waals surface area contributed by atoms with Crippen molar-refractivity contribution in [1.82, 2.24) is 26.6 Å². The maximum Gasteiger partial charge on any atom is 0.0509 e. The SMILES string of the molecule is C=C(C)CCCCCCCCCCCCCCCCC1=CC(=C)[C@H](CCC(=C)NCCCCCCCC(=C)NCCCCCCCC(=C)NCCCCC(NC(C)C)C(=C)C(C)C)N1. The van der Waals surface area contributed by atoms with Gasteiger partial charge in [0.15, 0.2) is 0 Å². The molecule has 0 saturated carbocycles. The maximum absolute atomic E-state index is 4.36. The number of nitrogens with one attached hydrogen (secondary N) is 5. The lowest BCUT2D eigenvalue weighted by molar-refractivity contribution is 0.440. The molecule has 5 heteroatoms. The topological polar surface area (TPSA) is 60.1 Å². The lowest BCUT2D eigenvalue weighted by Crippen LogP contribution is -2.37. The molecular formula is C59H109N5. The normalized spacial score (nSPS) is 14.1. The minimum Gasteiger partial charge on any atom is -0.389 e. The average molecular weight is 889 g/mol.